The Balaban J connectivity index is 1.61. The van der Waals surface area contributed by atoms with E-state index in [0.29, 0.717) is 19.6 Å². The summed E-state index contributed by atoms with van der Waals surface area (Å²) < 4.78 is 4.06. The van der Waals surface area contributed by atoms with Crippen LogP contribution in [0.5, 0.6) is 0 Å². The Morgan fingerprint density at radius 1 is 1.02 bits per heavy atom. The fourth-order valence-electron chi connectivity index (χ4n) is 7.21. The van der Waals surface area contributed by atoms with Crippen molar-refractivity contribution in [1.29, 1.82) is 0 Å². The van der Waals surface area contributed by atoms with Gasteiger partial charge in [0, 0.05) is 35.8 Å². The summed E-state index contributed by atoms with van der Waals surface area (Å²) in [6.45, 7) is 10.3. The average Bonchev–Trinajstić information content (AvgIpc) is 3.30. The Bertz CT molecular complexity index is 1210. The lowest BCUT2D eigenvalue weighted by molar-refractivity contribution is -0.154. The van der Waals surface area contributed by atoms with Gasteiger partial charge in [0.15, 0.2) is 0 Å². The van der Waals surface area contributed by atoms with E-state index in [9.17, 15) is 19.5 Å². The molecule has 0 aromatic heterocycles. The summed E-state index contributed by atoms with van der Waals surface area (Å²) >= 11 is 1.54. The predicted octanol–water partition coefficient (Wildman–Crippen LogP) is 4.18. The van der Waals surface area contributed by atoms with Crippen LogP contribution in [-0.4, -0.2) is 82.2 Å². The number of esters is 1. The van der Waals surface area contributed by atoms with E-state index in [2.05, 4.69) is 30.9 Å². The van der Waals surface area contributed by atoms with Gasteiger partial charge in [-0.1, -0.05) is 31.2 Å². The number of aliphatic hydroxyl groups is 1. The van der Waals surface area contributed by atoms with Crippen molar-refractivity contribution < 1.29 is 24.2 Å². The van der Waals surface area contributed by atoms with Crippen molar-refractivity contribution in [2.75, 3.05) is 42.6 Å². The Hall–Kier alpha value is -2.78. The molecule has 6 atom stereocenters. The van der Waals surface area contributed by atoms with Crippen LogP contribution < -0.4 is 9.80 Å². The van der Waals surface area contributed by atoms with Crippen molar-refractivity contribution in [2.24, 2.45) is 11.8 Å². The maximum Gasteiger partial charge on any atom is 0.311 e. The number of amides is 2. The summed E-state index contributed by atoms with van der Waals surface area (Å²) in [5.41, 5.74) is 1.85. The van der Waals surface area contributed by atoms with Crippen LogP contribution >= 0.6 is 11.8 Å². The highest BCUT2D eigenvalue weighted by molar-refractivity contribution is 8.02. The number of aliphatic hydroxyl groups excluding tert-OH is 1. The number of hydrogen-bond donors (Lipinski definition) is 1. The van der Waals surface area contributed by atoms with Crippen molar-refractivity contribution in [2.45, 2.75) is 75.0 Å². The number of cyclic esters (lactones) is 1. The largest absolute Gasteiger partial charge is 0.465 e. The number of hydrogen-bond acceptors (Lipinski definition) is 7. The molecule has 9 heteroatoms. The fourth-order valence-corrected chi connectivity index (χ4v) is 9.35. The molecule has 0 bridgehead atoms. The molecule has 5 rings (SSSR count). The lowest BCUT2D eigenvalue weighted by Crippen LogP contribution is -2.56. The molecule has 2 amide bonds. The molecule has 4 aliphatic rings. The van der Waals surface area contributed by atoms with Gasteiger partial charge in [0.05, 0.1) is 35.8 Å². The van der Waals surface area contributed by atoms with E-state index in [0.717, 1.165) is 43.7 Å². The van der Waals surface area contributed by atoms with E-state index >= 15 is 0 Å². The first-order valence-electron chi connectivity index (χ1n) is 15.1. The number of nitrogens with zero attached hydrogens (tertiary/aromatic N) is 3. The zero-order valence-electron chi connectivity index (χ0n) is 24.6. The van der Waals surface area contributed by atoms with Crippen LogP contribution in [-0.2, 0) is 19.1 Å². The van der Waals surface area contributed by atoms with Crippen LogP contribution in [0.2, 0.25) is 0 Å². The zero-order chi connectivity index (χ0) is 29.4. The molecular formula is C32H43N3O5S. The van der Waals surface area contributed by atoms with E-state index in [4.69, 9.17) is 4.74 Å². The minimum Gasteiger partial charge on any atom is -0.465 e. The fraction of sp³-hybridized carbons (Fsp3) is 0.594. The van der Waals surface area contributed by atoms with Crippen LogP contribution in [0.3, 0.4) is 0 Å². The lowest BCUT2D eigenvalue weighted by atomic mass is 9.74. The zero-order valence-corrected chi connectivity index (χ0v) is 25.4. The highest BCUT2D eigenvalue weighted by atomic mass is 32.2. The molecule has 2 fully saturated rings. The number of allylic oxidation sites excluding steroid dienone is 1. The molecule has 4 aliphatic heterocycles. The molecule has 41 heavy (non-hydrogen) atoms. The molecule has 222 valence electrons. The Morgan fingerprint density at radius 3 is 2.41 bits per heavy atom. The van der Waals surface area contributed by atoms with Gasteiger partial charge in [-0.25, -0.2) is 0 Å². The number of likely N-dealkylation sites (tertiary alicyclic amines) is 1. The summed E-state index contributed by atoms with van der Waals surface area (Å²) in [4.78, 5) is 48.4. The minimum atomic E-state index is -0.969. The Morgan fingerprint density at radius 2 is 1.76 bits per heavy atom. The summed E-state index contributed by atoms with van der Waals surface area (Å²) in [7, 11) is 0. The van der Waals surface area contributed by atoms with Gasteiger partial charge >= 0.3 is 5.97 Å². The molecule has 4 heterocycles. The smallest absolute Gasteiger partial charge is 0.311 e. The van der Waals surface area contributed by atoms with Crippen LogP contribution in [0.15, 0.2) is 48.6 Å². The van der Waals surface area contributed by atoms with E-state index in [1.165, 1.54) is 0 Å². The standard InChI is InChI=1S/C32H43N3O5S/c1-5-22(21-36)35-27-29(38)34(24-15-13-23(14-16-24)33(6-2)7-3)19-12-18-32(27)25(28(35)37)26-30(39)40-20-11-9-8-10-17-31(26,4)41-32/h10,12-18,22,25-27,36H,5-9,11,19-21H2,1-4H3/b17-10-/t22-,25-,26+,27?,31-,32-/m0/s1. The summed E-state index contributed by atoms with van der Waals surface area (Å²) in [6.07, 6.45) is 11.2. The second-order valence-electron chi connectivity index (χ2n) is 11.6. The van der Waals surface area contributed by atoms with Gasteiger partial charge in [-0.3, -0.25) is 14.4 Å². The second-order valence-corrected chi connectivity index (χ2v) is 13.4. The molecule has 0 aliphatic carbocycles. The van der Waals surface area contributed by atoms with Crippen molar-refractivity contribution in [3.05, 3.63) is 48.6 Å². The Labute approximate surface area is 247 Å². The van der Waals surface area contributed by atoms with Crippen molar-refractivity contribution in [3.63, 3.8) is 0 Å². The minimum absolute atomic E-state index is 0.189. The van der Waals surface area contributed by atoms with Gasteiger partial charge in [0.1, 0.15) is 6.04 Å². The first-order valence-corrected chi connectivity index (χ1v) is 15.9. The van der Waals surface area contributed by atoms with E-state index in [-0.39, 0.29) is 24.4 Å². The molecule has 1 unspecified atom stereocenters. The number of carbonyl (C=O) groups excluding carboxylic acids is 3. The Kier molecular flexibility index (Phi) is 8.58. The lowest BCUT2D eigenvalue weighted by Gasteiger charge is -2.39. The number of carbonyl (C=O) groups is 3. The third-order valence-electron chi connectivity index (χ3n) is 9.30. The first kappa shape index (κ1) is 29.7. The highest BCUT2D eigenvalue weighted by Gasteiger charge is 2.74. The monoisotopic (exact) mass is 581 g/mol. The molecule has 0 radical (unpaired) electrons. The number of benzene rings is 1. The van der Waals surface area contributed by atoms with Crippen LogP contribution in [0, 0.1) is 11.8 Å². The van der Waals surface area contributed by atoms with Gasteiger partial charge in [-0.2, -0.15) is 0 Å². The third kappa shape index (κ3) is 4.88. The highest BCUT2D eigenvalue weighted by Crippen LogP contribution is 2.65. The second kappa shape index (κ2) is 11.8. The van der Waals surface area contributed by atoms with Gasteiger partial charge in [-0.15, -0.1) is 11.8 Å². The summed E-state index contributed by atoms with van der Waals surface area (Å²) in [6, 6.07) is 6.59. The molecule has 8 nitrogen and oxygen atoms in total. The number of rotatable bonds is 7. The van der Waals surface area contributed by atoms with Crippen molar-refractivity contribution >= 4 is 40.9 Å². The molecule has 1 aromatic rings. The van der Waals surface area contributed by atoms with E-state index in [1.807, 2.05) is 50.3 Å². The normalized spacial score (nSPS) is 33.0. The molecule has 1 N–H and O–H groups in total. The molecule has 1 spiro atoms. The molecule has 0 saturated carbocycles. The van der Waals surface area contributed by atoms with Crippen LogP contribution in [0.25, 0.3) is 0 Å². The van der Waals surface area contributed by atoms with Crippen LogP contribution in [0.4, 0.5) is 11.4 Å². The number of fused-ring (bicyclic) bond motifs is 2. The molecule has 2 saturated heterocycles. The quantitative estimate of drug-likeness (QED) is 0.382. The van der Waals surface area contributed by atoms with Gasteiger partial charge in [0.2, 0.25) is 5.91 Å². The predicted molar refractivity (Wildman–Crippen MR) is 163 cm³/mol. The first-order chi connectivity index (χ1) is 19.8. The van der Waals surface area contributed by atoms with Crippen molar-refractivity contribution in [1.82, 2.24) is 4.90 Å². The maximum atomic E-state index is 14.7. The van der Waals surface area contributed by atoms with Gasteiger partial charge in [0.25, 0.3) is 5.91 Å². The van der Waals surface area contributed by atoms with Crippen molar-refractivity contribution in [3.8, 4) is 0 Å². The molecular weight excluding hydrogens is 538 g/mol. The average molecular weight is 582 g/mol. The number of anilines is 2. The molecule has 1 aromatic carbocycles. The van der Waals surface area contributed by atoms with Gasteiger partial charge in [-0.05, 0) is 70.7 Å². The maximum absolute atomic E-state index is 14.7. The number of thioether (sulfide) groups is 1. The van der Waals surface area contributed by atoms with E-state index in [1.54, 1.807) is 21.6 Å². The van der Waals surface area contributed by atoms with Gasteiger partial charge < -0.3 is 24.5 Å². The van der Waals surface area contributed by atoms with E-state index < -0.39 is 33.4 Å². The summed E-state index contributed by atoms with van der Waals surface area (Å²) in [5, 5.41) is 10.4. The summed E-state index contributed by atoms with van der Waals surface area (Å²) in [5.74, 6) is -2.34. The SMILES string of the molecule is CC[C@@H](CO)N1C(=O)[C@@H]2[C@@H]3C(=O)OCCCC/C=C\[C@]3(C)S[C@@]23C=CCN(c2ccc(N(CC)CC)cc2)C(=O)C13. The topological polar surface area (TPSA) is 90.4 Å². The van der Waals surface area contributed by atoms with Crippen LogP contribution in [0.1, 0.15) is 53.4 Å². The third-order valence-corrected chi connectivity index (χ3v) is 11.1. The number of ether oxygens (including phenoxy) is 1.